The molecule has 3 N–H and O–H groups in total. The van der Waals surface area contributed by atoms with Gasteiger partial charge in [0.05, 0.1) is 12.2 Å². The van der Waals surface area contributed by atoms with Gasteiger partial charge in [-0.2, -0.15) is 0 Å². The molecule has 0 unspecified atom stereocenters. The summed E-state index contributed by atoms with van der Waals surface area (Å²) in [7, 11) is 0. The number of imidazole rings is 1. The van der Waals surface area contributed by atoms with E-state index in [4.69, 9.17) is 5.21 Å². The first-order valence-electron chi connectivity index (χ1n) is 7.37. The minimum absolute atomic E-state index is 0.0153. The van der Waals surface area contributed by atoms with Gasteiger partial charge in [-0.1, -0.05) is 26.3 Å². The van der Waals surface area contributed by atoms with Gasteiger partial charge in [0.25, 0.3) is 5.91 Å². The summed E-state index contributed by atoms with van der Waals surface area (Å²) in [5.74, 6) is 0.375. The zero-order chi connectivity index (χ0) is 15.2. The number of hydroxylamine groups is 1. The van der Waals surface area contributed by atoms with Gasteiger partial charge in [0, 0.05) is 5.69 Å². The van der Waals surface area contributed by atoms with Crippen LogP contribution in [0.15, 0.2) is 18.2 Å². The molecular formula is C15H22N4O2. The molecule has 6 nitrogen and oxygen atoms in total. The maximum Gasteiger partial charge on any atom is 0.262 e. The second-order valence-electron chi connectivity index (χ2n) is 4.96. The highest BCUT2D eigenvalue weighted by Crippen LogP contribution is 2.22. The fourth-order valence-electron chi connectivity index (χ4n) is 2.39. The van der Waals surface area contributed by atoms with Crippen molar-refractivity contribution in [1.29, 1.82) is 0 Å². The second-order valence-corrected chi connectivity index (χ2v) is 4.96. The van der Waals surface area contributed by atoms with E-state index >= 15 is 0 Å². The lowest BCUT2D eigenvalue weighted by Gasteiger charge is -2.10. The second kappa shape index (κ2) is 7.08. The van der Waals surface area contributed by atoms with Crippen molar-refractivity contribution < 1.29 is 10.0 Å². The van der Waals surface area contributed by atoms with Gasteiger partial charge in [-0.05, 0) is 31.4 Å². The summed E-state index contributed by atoms with van der Waals surface area (Å²) in [6, 6.07) is 6.01. The van der Waals surface area contributed by atoms with Crippen LogP contribution in [-0.4, -0.2) is 27.0 Å². The smallest absolute Gasteiger partial charge is 0.262 e. The first-order valence-corrected chi connectivity index (χ1v) is 7.37. The maximum absolute atomic E-state index is 11.3. The molecule has 0 saturated heterocycles. The van der Waals surface area contributed by atoms with Crippen LogP contribution in [0.3, 0.4) is 0 Å². The largest absolute Gasteiger partial charge is 0.360 e. The first-order chi connectivity index (χ1) is 10.2. The minimum atomic E-state index is -0.472. The predicted octanol–water partition coefficient (Wildman–Crippen LogP) is 2.16. The summed E-state index contributed by atoms with van der Waals surface area (Å²) in [4.78, 5) is 15.9. The Kier molecular flexibility index (Phi) is 5.16. The molecule has 0 bridgehead atoms. The average Bonchev–Trinajstić information content (AvgIpc) is 2.87. The van der Waals surface area contributed by atoms with Gasteiger partial charge in [-0.15, -0.1) is 0 Å². The molecule has 0 fully saturated rings. The number of aromatic nitrogens is 2. The fourth-order valence-corrected chi connectivity index (χ4v) is 2.39. The van der Waals surface area contributed by atoms with Gasteiger partial charge in [-0.3, -0.25) is 14.4 Å². The number of carbonyl (C=O) groups is 1. The van der Waals surface area contributed by atoms with Crippen LogP contribution in [0.4, 0.5) is 5.82 Å². The fraction of sp³-hybridized carbons (Fsp3) is 0.467. The molecule has 0 radical (unpaired) electrons. The Morgan fingerprint density at radius 2 is 2.19 bits per heavy atom. The highest BCUT2D eigenvalue weighted by molar-refractivity contribution is 5.79. The minimum Gasteiger partial charge on any atom is -0.360 e. The third-order valence-corrected chi connectivity index (χ3v) is 3.47. The third-order valence-electron chi connectivity index (χ3n) is 3.47. The van der Waals surface area contributed by atoms with E-state index in [1.807, 2.05) is 12.1 Å². The molecule has 0 aromatic carbocycles. The van der Waals surface area contributed by atoms with Gasteiger partial charge < -0.3 is 5.32 Å². The van der Waals surface area contributed by atoms with E-state index in [2.05, 4.69) is 34.6 Å². The molecule has 2 rings (SSSR count). The number of nitrogens with zero attached hydrogens (tertiary/aromatic N) is 2. The Balaban J connectivity index is 2.42. The van der Waals surface area contributed by atoms with Crippen molar-refractivity contribution in [3.8, 4) is 0 Å². The first kappa shape index (κ1) is 15.3. The van der Waals surface area contributed by atoms with Gasteiger partial charge in [0.15, 0.2) is 0 Å². The number of fused-ring (bicyclic) bond motifs is 1. The molecule has 1 amide bonds. The van der Waals surface area contributed by atoms with Gasteiger partial charge >= 0.3 is 0 Å². The van der Waals surface area contributed by atoms with E-state index in [-0.39, 0.29) is 6.54 Å². The lowest BCUT2D eigenvalue weighted by Crippen LogP contribution is -2.27. The summed E-state index contributed by atoms with van der Waals surface area (Å²) in [6.45, 7) is 4.24. The number of rotatable bonds is 7. The summed E-state index contributed by atoms with van der Waals surface area (Å²) in [5.41, 5.74) is 4.61. The molecule has 0 aliphatic carbocycles. The quantitative estimate of drug-likeness (QED) is 0.539. The molecule has 0 aliphatic rings. The van der Waals surface area contributed by atoms with Gasteiger partial charge in [-0.25, -0.2) is 10.5 Å². The van der Waals surface area contributed by atoms with Gasteiger partial charge in [0.1, 0.15) is 11.5 Å². The zero-order valence-corrected chi connectivity index (χ0v) is 12.5. The van der Waals surface area contributed by atoms with Crippen molar-refractivity contribution in [1.82, 2.24) is 14.9 Å². The highest BCUT2D eigenvalue weighted by Gasteiger charge is 2.14. The predicted molar refractivity (Wildman–Crippen MR) is 81.6 cm³/mol. The number of unbranched alkanes of at least 4 members (excludes halogenated alkanes) is 1. The maximum atomic E-state index is 11.3. The summed E-state index contributed by atoms with van der Waals surface area (Å²) in [6.07, 6.45) is 3.88. The Morgan fingerprint density at radius 1 is 1.38 bits per heavy atom. The van der Waals surface area contributed by atoms with Gasteiger partial charge in [0.2, 0.25) is 0 Å². The molecule has 0 saturated carbocycles. The monoisotopic (exact) mass is 290 g/mol. The molecule has 2 heterocycles. The van der Waals surface area contributed by atoms with E-state index in [0.29, 0.717) is 0 Å². The Morgan fingerprint density at radius 3 is 2.86 bits per heavy atom. The van der Waals surface area contributed by atoms with Crippen LogP contribution in [0.1, 0.15) is 38.1 Å². The van der Waals surface area contributed by atoms with E-state index < -0.39 is 5.91 Å². The molecule has 0 spiro atoms. The lowest BCUT2D eigenvalue weighted by molar-refractivity contribution is -0.127. The Labute approximate surface area is 124 Å². The summed E-state index contributed by atoms with van der Waals surface area (Å²) in [5, 5.41) is 11.7. The molecule has 0 atom stereocenters. The molecule has 114 valence electrons. The standard InChI is InChI=1S/C15H22N4O2/c1-3-5-8-12-15(16-10-14(20)18-21)19-11(4-2)7-6-9-13(19)17-12/h6-7,9,16,21H,3-5,8,10H2,1-2H3,(H,18,20). The van der Waals surface area contributed by atoms with Crippen molar-refractivity contribution in [2.45, 2.75) is 39.5 Å². The molecule has 0 aliphatic heterocycles. The van der Waals surface area contributed by atoms with Crippen LogP contribution in [0.25, 0.3) is 5.65 Å². The van der Waals surface area contributed by atoms with E-state index in [1.165, 1.54) is 0 Å². The number of carbonyl (C=O) groups excluding carboxylic acids is 1. The molecule has 6 heteroatoms. The molecule has 21 heavy (non-hydrogen) atoms. The lowest BCUT2D eigenvalue weighted by atomic mass is 10.2. The van der Waals surface area contributed by atoms with Crippen LogP contribution in [0.2, 0.25) is 0 Å². The van der Waals surface area contributed by atoms with Crippen molar-refractivity contribution in [2.75, 3.05) is 11.9 Å². The highest BCUT2D eigenvalue weighted by atomic mass is 16.5. The van der Waals surface area contributed by atoms with Crippen molar-refractivity contribution >= 4 is 17.4 Å². The zero-order valence-electron chi connectivity index (χ0n) is 12.5. The molecule has 2 aromatic rings. The van der Waals surface area contributed by atoms with Crippen LogP contribution >= 0.6 is 0 Å². The number of aryl methyl sites for hydroxylation is 2. The van der Waals surface area contributed by atoms with Crippen LogP contribution < -0.4 is 10.8 Å². The van der Waals surface area contributed by atoms with E-state index in [0.717, 1.165) is 48.5 Å². The summed E-state index contributed by atoms with van der Waals surface area (Å²) >= 11 is 0. The normalized spacial score (nSPS) is 10.8. The summed E-state index contributed by atoms with van der Waals surface area (Å²) < 4.78 is 2.05. The SMILES string of the molecule is CCCCc1nc2cccc(CC)n2c1NCC(=O)NO. The number of pyridine rings is 1. The van der Waals surface area contributed by atoms with Crippen LogP contribution in [-0.2, 0) is 17.6 Å². The number of amides is 1. The molecule has 2 aromatic heterocycles. The van der Waals surface area contributed by atoms with E-state index in [1.54, 1.807) is 5.48 Å². The Bertz CT molecular complexity index is 621. The number of hydrogen-bond acceptors (Lipinski definition) is 4. The van der Waals surface area contributed by atoms with Crippen LogP contribution in [0.5, 0.6) is 0 Å². The average molecular weight is 290 g/mol. The van der Waals surface area contributed by atoms with E-state index in [9.17, 15) is 4.79 Å². The number of nitrogens with one attached hydrogen (secondary N) is 2. The third kappa shape index (κ3) is 3.33. The Hall–Kier alpha value is -2.08. The van der Waals surface area contributed by atoms with Crippen LogP contribution in [0, 0.1) is 0 Å². The van der Waals surface area contributed by atoms with Crippen molar-refractivity contribution in [2.24, 2.45) is 0 Å². The number of anilines is 1. The van der Waals surface area contributed by atoms with Crippen molar-refractivity contribution in [3.63, 3.8) is 0 Å². The number of hydrogen-bond donors (Lipinski definition) is 3. The molecular weight excluding hydrogens is 268 g/mol. The topological polar surface area (TPSA) is 78.7 Å². The van der Waals surface area contributed by atoms with Crippen molar-refractivity contribution in [3.05, 3.63) is 29.6 Å².